The summed E-state index contributed by atoms with van der Waals surface area (Å²) in [5.41, 5.74) is 0. The molecule has 0 atom stereocenters. The van der Waals surface area contributed by atoms with Gasteiger partial charge in [-0.05, 0) is 13.8 Å². The van der Waals surface area contributed by atoms with Gasteiger partial charge in [-0.15, -0.1) is 0 Å². The quantitative estimate of drug-likeness (QED) is 0.587. The lowest BCUT2D eigenvalue weighted by Gasteiger charge is -2.29. The second kappa shape index (κ2) is 10.9. The van der Waals surface area contributed by atoms with Gasteiger partial charge in [0, 0.05) is 26.7 Å². The molecule has 0 fully saturated rings. The number of rotatable bonds is 10. The predicted octanol–water partition coefficient (Wildman–Crippen LogP) is 0.415. The fourth-order valence-corrected chi connectivity index (χ4v) is 1.63. The molecule has 21 heavy (non-hydrogen) atoms. The maximum atomic E-state index is 12.3. The van der Waals surface area contributed by atoms with Crippen LogP contribution in [0.25, 0.3) is 0 Å². The highest BCUT2D eigenvalue weighted by atomic mass is 16.5. The molecule has 0 radical (unpaired) electrons. The molecule has 1 N–H and O–H groups in total. The Balaban J connectivity index is 4.71. The number of hydrogen-bond acceptors (Lipinski definition) is 5. The minimum Gasteiger partial charge on any atom is -0.481 e. The van der Waals surface area contributed by atoms with Crippen molar-refractivity contribution in [1.82, 2.24) is 9.80 Å². The molecule has 0 saturated heterocycles. The van der Waals surface area contributed by atoms with Gasteiger partial charge in [0.1, 0.15) is 6.54 Å². The smallest absolute Gasteiger partial charge is 0.325 e. The SMILES string of the molecule is CCOC(=O)CN(CCOC)C(=O)N(CC)CCC(=O)O. The van der Waals surface area contributed by atoms with Crippen molar-refractivity contribution >= 4 is 18.0 Å². The number of ether oxygens (including phenoxy) is 2. The van der Waals surface area contributed by atoms with E-state index in [9.17, 15) is 14.4 Å². The fourth-order valence-electron chi connectivity index (χ4n) is 1.63. The van der Waals surface area contributed by atoms with Gasteiger partial charge in [0.05, 0.1) is 19.6 Å². The zero-order valence-corrected chi connectivity index (χ0v) is 12.8. The van der Waals surface area contributed by atoms with E-state index in [1.807, 2.05) is 0 Å². The minimum absolute atomic E-state index is 0.0942. The van der Waals surface area contributed by atoms with Crippen molar-refractivity contribution in [3.63, 3.8) is 0 Å². The molecule has 0 aromatic carbocycles. The molecule has 0 unspecified atom stereocenters. The van der Waals surface area contributed by atoms with Crippen molar-refractivity contribution in [3.8, 4) is 0 Å². The van der Waals surface area contributed by atoms with Gasteiger partial charge in [0.2, 0.25) is 0 Å². The van der Waals surface area contributed by atoms with E-state index in [0.29, 0.717) is 6.54 Å². The zero-order chi connectivity index (χ0) is 16.3. The Morgan fingerprint density at radius 3 is 2.24 bits per heavy atom. The highest BCUT2D eigenvalue weighted by Crippen LogP contribution is 2.02. The monoisotopic (exact) mass is 304 g/mol. The maximum Gasteiger partial charge on any atom is 0.325 e. The molecule has 0 aromatic heterocycles. The number of nitrogens with zero attached hydrogens (tertiary/aromatic N) is 2. The molecule has 0 aliphatic heterocycles. The van der Waals surface area contributed by atoms with E-state index in [4.69, 9.17) is 14.6 Å². The van der Waals surface area contributed by atoms with Crippen LogP contribution in [0.15, 0.2) is 0 Å². The molecule has 0 heterocycles. The lowest BCUT2D eigenvalue weighted by Crippen LogP contribution is -2.47. The number of esters is 1. The van der Waals surface area contributed by atoms with Crippen LogP contribution in [-0.2, 0) is 19.1 Å². The normalized spacial score (nSPS) is 10.0. The van der Waals surface area contributed by atoms with Crippen molar-refractivity contribution in [2.75, 3.05) is 46.5 Å². The molecule has 2 amide bonds. The first-order chi connectivity index (χ1) is 9.96. The van der Waals surface area contributed by atoms with E-state index in [1.54, 1.807) is 13.8 Å². The predicted molar refractivity (Wildman–Crippen MR) is 75.0 cm³/mol. The lowest BCUT2D eigenvalue weighted by atomic mass is 10.3. The topological polar surface area (TPSA) is 96.4 Å². The molecular weight excluding hydrogens is 280 g/mol. The van der Waals surface area contributed by atoms with E-state index in [2.05, 4.69) is 0 Å². The Kier molecular flexibility index (Phi) is 9.95. The fraction of sp³-hybridized carbons (Fsp3) is 0.769. The molecule has 8 nitrogen and oxygen atoms in total. The average Bonchev–Trinajstić information content (AvgIpc) is 2.43. The van der Waals surface area contributed by atoms with Gasteiger partial charge in [0.15, 0.2) is 0 Å². The number of methoxy groups -OCH3 is 1. The number of amides is 2. The number of carboxylic acids is 1. The average molecular weight is 304 g/mol. The Labute approximate surface area is 124 Å². The number of hydrogen-bond donors (Lipinski definition) is 1. The molecule has 0 aromatic rings. The summed E-state index contributed by atoms with van der Waals surface area (Å²) >= 11 is 0. The van der Waals surface area contributed by atoms with Crippen LogP contribution in [0.5, 0.6) is 0 Å². The van der Waals surface area contributed by atoms with Crippen LogP contribution in [0, 0.1) is 0 Å². The van der Waals surface area contributed by atoms with Crippen molar-refractivity contribution in [2.45, 2.75) is 20.3 Å². The van der Waals surface area contributed by atoms with Crippen LogP contribution in [0.1, 0.15) is 20.3 Å². The van der Waals surface area contributed by atoms with E-state index < -0.39 is 18.0 Å². The number of aliphatic carboxylic acids is 1. The van der Waals surface area contributed by atoms with Gasteiger partial charge in [-0.1, -0.05) is 0 Å². The third kappa shape index (κ3) is 8.13. The lowest BCUT2D eigenvalue weighted by molar-refractivity contribution is -0.144. The minimum atomic E-state index is -0.977. The maximum absolute atomic E-state index is 12.3. The highest BCUT2D eigenvalue weighted by Gasteiger charge is 2.22. The summed E-state index contributed by atoms with van der Waals surface area (Å²) in [5, 5.41) is 8.69. The second-order valence-electron chi connectivity index (χ2n) is 4.23. The van der Waals surface area contributed by atoms with E-state index in [0.717, 1.165) is 0 Å². The van der Waals surface area contributed by atoms with Crippen molar-refractivity contribution in [3.05, 3.63) is 0 Å². The summed E-state index contributed by atoms with van der Waals surface area (Å²) in [7, 11) is 1.50. The van der Waals surface area contributed by atoms with E-state index >= 15 is 0 Å². The third-order valence-electron chi connectivity index (χ3n) is 2.71. The van der Waals surface area contributed by atoms with Gasteiger partial charge in [-0.25, -0.2) is 4.79 Å². The molecule has 0 aliphatic carbocycles. The Morgan fingerprint density at radius 2 is 1.76 bits per heavy atom. The summed E-state index contributed by atoms with van der Waals surface area (Å²) in [4.78, 5) is 37.1. The Morgan fingerprint density at radius 1 is 1.10 bits per heavy atom. The Hall–Kier alpha value is -1.83. The Bertz CT molecular complexity index is 348. The number of urea groups is 1. The summed E-state index contributed by atoms with van der Waals surface area (Å²) in [5.74, 6) is -1.48. The molecular formula is C13H24N2O6. The molecule has 0 saturated carbocycles. The number of carbonyl (C=O) groups excluding carboxylic acids is 2. The molecule has 0 rings (SSSR count). The second-order valence-corrected chi connectivity index (χ2v) is 4.23. The summed E-state index contributed by atoms with van der Waals surface area (Å²) in [6.45, 7) is 4.46. The molecule has 8 heteroatoms. The van der Waals surface area contributed by atoms with Crippen molar-refractivity contribution in [1.29, 1.82) is 0 Å². The molecule has 0 aliphatic rings. The summed E-state index contributed by atoms with van der Waals surface area (Å²) in [6, 6.07) is -0.399. The van der Waals surface area contributed by atoms with Gasteiger partial charge >= 0.3 is 18.0 Å². The van der Waals surface area contributed by atoms with Crippen LogP contribution in [-0.4, -0.2) is 79.4 Å². The molecule has 0 spiro atoms. The van der Waals surface area contributed by atoms with Crippen molar-refractivity contribution < 1.29 is 29.0 Å². The summed E-state index contributed by atoms with van der Waals surface area (Å²) in [6.07, 6.45) is -0.142. The largest absolute Gasteiger partial charge is 0.481 e. The van der Waals surface area contributed by atoms with Crippen LogP contribution < -0.4 is 0 Å². The summed E-state index contributed by atoms with van der Waals surface area (Å²) < 4.78 is 9.74. The van der Waals surface area contributed by atoms with Crippen LogP contribution >= 0.6 is 0 Å². The van der Waals surface area contributed by atoms with Gasteiger partial charge in [0.25, 0.3) is 0 Å². The number of carbonyl (C=O) groups is 3. The molecule has 0 bridgehead atoms. The van der Waals surface area contributed by atoms with Gasteiger partial charge in [-0.2, -0.15) is 0 Å². The van der Waals surface area contributed by atoms with Crippen LogP contribution in [0.3, 0.4) is 0 Å². The first kappa shape index (κ1) is 19.2. The van der Waals surface area contributed by atoms with Gasteiger partial charge in [-0.3, -0.25) is 9.59 Å². The van der Waals surface area contributed by atoms with E-state index in [1.165, 1.54) is 16.9 Å². The van der Waals surface area contributed by atoms with Gasteiger partial charge < -0.3 is 24.4 Å². The first-order valence-corrected chi connectivity index (χ1v) is 6.86. The zero-order valence-electron chi connectivity index (χ0n) is 12.8. The van der Waals surface area contributed by atoms with E-state index in [-0.39, 0.29) is 39.3 Å². The van der Waals surface area contributed by atoms with Crippen molar-refractivity contribution in [2.24, 2.45) is 0 Å². The molecule has 122 valence electrons. The number of carboxylic acid groups (broad SMARTS) is 1. The third-order valence-corrected chi connectivity index (χ3v) is 2.71. The van der Waals surface area contributed by atoms with Crippen LogP contribution in [0.4, 0.5) is 4.79 Å². The standard InChI is InChI=1S/C13H24N2O6/c1-4-14(7-6-11(16)17)13(19)15(8-9-20-3)10-12(18)21-5-2/h4-10H2,1-3H3,(H,16,17). The van der Waals surface area contributed by atoms with Crippen LogP contribution in [0.2, 0.25) is 0 Å². The first-order valence-electron chi connectivity index (χ1n) is 6.86. The highest BCUT2D eigenvalue weighted by molar-refractivity contribution is 5.81.